The van der Waals surface area contributed by atoms with Crippen LogP contribution in [0.3, 0.4) is 0 Å². The van der Waals surface area contributed by atoms with Crippen LogP contribution in [0.15, 0.2) is 33.9 Å². The third kappa shape index (κ3) is 2.06. The minimum absolute atomic E-state index is 0.127. The standard InChI is InChI=1S/C13H12N2O2S/c1-18-9-4-5-11(14-6-9)13-10(7-15-17-13)12(16)8-2-3-8/h4-8H,2-3H2,1H3. The van der Waals surface area contributed by atoms with Gasteiger partial charge < -0.3 is 4.52 Å². The highest BCUT2D eigenvalue weighted by molar-refractivity contribution is 7.98. The second-order valence-corrected chi connectivity index (χ2v) is 5.17. The first-order valence-electron chi connectivity index (χ1n) is 5.79. The van der Waals surface area contributed by atoms with Crippen LogP contribution in [0.2, 0.25) is 0 Å². The summed E-state index contributed by atoms with van der Waals surface area (Å²) in [5.41, 5.74) is 1.22. The molecule has 5 heteroatoms. The average molecular weight is 260 g/mol. The molecule has 0 amide bonds. The van der Waals surface area contributed by atoms with Crippen LogP contribution in [-0.2, 0) is 0 Å². The largest absolute Gasteiger partial charge is 0.354 e. The molecule has 1 fully saturated rings. The summed E-state index contributed by atoms with van der Waals surface area (Å²) < 4.78 is 5.18. The molecule has 0 saturated heterocycles. The third-order valence-electron chi connectivity index (χ3n) is 2.99. The number of hydrogen-bond acceptors (Lipinski definition) is 5. The first-order valence-corrected chi connectivity index (χ1v) is 7.01. The van der Waals surface area contributed by atoms with Crippen molar-refractivity contribution in [1.82, 2.24) is 10.1 Å². The second-order valence-electron chi connectivity index (χ2n) is 4.29. The number of nitrogens with zero attached hydrogens (tertiary/aromatic N) is 2. The zero-order valence-electron chi connectivity index (χ0n) is 9.92. The monoisotopic (exact) mass is 260 g/mol. The summed E-state index contributed by atoms with van der Waals surface area (Å²) in [6.45, 7) is 0. The van der Waals surface area contributed by atoms with Crippen molar-refractivity contribution < 1.29 is 9.32 Å². The first-order chi connectivity index (χ1) is 8.79. The van der Waals surface area contributed by atoms with Crippen LogP contribution in [-0.4, -0.2) is 22.2 Å². The molecular formula is C13H12N2O2S. The number of rotatable bonds is 4. The Hall–Kier alpha value is -1.62. The second kappa shape index (κ2) is 4.57. The van der Waals surface area contributed by atoms with Crippen LogP contribution < -0.4 is 0 Å². The van der Waals surface area contributed by atoms with Crippen molar-refractivity contribution in [3.63, 3.8) is 0 Å². The Morgan fingerprint density at radius 3 is 2.83 bits per heavy atom. The summed E-state index contributed by atoms with van der Waals surface area (Å²) in [6.07, 6.45) is 7.21. The highest BCUT2D eigenvalue weighted by atomic mass is 32.2. The zero-order chi connectivity index (χ0) is 12.5. The van der Waals surface area contributed by atoms with Gasteiger partial charge in [0.2, 0.25) is 0 Å². The lowest BCUT2D eigenvalue weighted by Crippen LogP contribution is -2.01. The Bertz CT molecular complexity index is 573. The topological polar surface area (TPSA) is 56.0 Å². The smallest absolute Gasteiger partial charge is 0.195 e. The van der Waals surface area contributed by atoms with Crippen molar-refractivity contribution >= 4 is 17.5 Å². The van der Waals surface area contributed by atoms with Gasteiger partial charge in [-0.15, -0.1) is 11.8 Å². The molecule has 4 nitrogen and oxygen atoms in total. The van der Waals surface area contributed by atoms with Gasteiger partial charge in [0.05, 0.1) is 11.8 Å². The Kier molecular flexibility index (Phi) is 2.91. The lowest BCUT2D eigenvalue weighted by atomic mass is 10.1. The van der Waals surface area contributed by atoms with E-state index in [2.05, 4.69) is 10.1 Å². The molecule has 0 unspecified atom stereocenters. The minimum Gasteiger partial charge on any atom is -0.354 e. The first kappa shape index (κ1) is 11.5. The van der Waals surface area contributed by atoms with Crippen molar-refractivity contribution in [3.8, 4) is 11.5 Å². The number of ketones is 1. The maximum absolute atomic E-state index is 12.1. The molecule has 3 rings (SSSR count). The number of carbonyl (C=O) groups excluding carboxylic acids is 1. The van der Waals surface area contributed by atoms with Gasteiger partial charge in [0.1, 0.15) is 5.69 Å². The Morgan fingerprint density at radius 2 is 2.22 bits per heavy atom. The molecule has 18 heavy (non-hydrogen) atoms. The van der Waals surface area contributed by atoms with Crippen molar-refractivity contribution in [3.05, 3.63) is 30.1 Å². The third-order valence-corrected chi connectivity index (χ3v) is 3.70. The number of thioether (sulfide) groups is 1. The predicted molar refractivity (Wildman–Crippen MR) is 68.6 cm³/mol. The van der Waals surface area contributed by atoms with Gasteiger partial charge in [-0.3, -0.25) is 9.78 Å². The number of pyridine rings is 1. The van der Waals surface area contributed by atoms with Gasteiger partial charge in [0, 0.05) is 17.0 Å². The normalized spacial score (nSPS) is 14.7. The van der Waals surface area contributed by atoms with Gasteiger partial charge in [-0.1, -0.05) is 5.16 Å². The van der Waals surface area contributed by atoms with E-state index in [1.54, 1.807) is 18.0 Å². The van der Waals surface area contributed by atoms with Crippen molar-refractivity contribution in [2.75, 3.05) is 6.26 Å². The van der Waals surface area contributed by atoms with Crippen LogP contribution >= 0.6 is 11.8 Å². The molecule has 2 aromatic heterocycles. The fourth-order valence-corrected chi connectivity index (χ4v) is 2.16. The zero-order valence-corrected chi connectivity index (χ0v) is 10.7. The summed E-state index contributed by atoms with van der Waals surface area (Å²) in [4.78, 5) is 17.4. The summed E-state index contributed by atoms with van der Waals surface area (Å²) >= 11 is 1.62. The molecule has 2 aromatic rings. The fraction of sp³-hybridized carbons (Fsp3) is 0.308. The predicted octanol–water partition coefficient (Wildman–Crippen LogP) is 3.05. The molecule has 0 radical (unpaired) electrons. The number of carbonyl (C=O) groups is 1. The molecular weight excluding hydrogens is 248 g/mol. The Balaban J connectivity index is 1.95. The molecule has 1 saturated carbocycles. The lowest BCUT2D eigenvalue weighted by Gasteiger charge is -2.00. The lowest BCUT2D eigenvalue weighted by molar-refractivity contribution is 0.0968. The maximum atomic E-state index is 12.1. The maximum Gasteiger partial charge on any atom is 0.195 e. The van der Waals surface area contributed by atoms with Gasteiger partial charge in [0.25, 0.3) is 0 Å². The van der Waals surface area contributed by atoms with Crippen LogP contribution in [0, 0.1) is 5.92 Å². The van der Waals surface area contributed by atoms with Gasteiger partial charge in [-0.2, -0.15) is 0 Å². The average Bonchev–Trinajstić information content (AvgIpc) is 3.15. The van der Waals surface area contributed by atoms with Crippen molar-refractivity contribution in [1.29, 1.82) is 0 Å². The Morgan fingerprint density at radius 1 is 1.39 bits per heavy atom. The van der Waals surface area contributed by atoms with E-state index < -0.39 is 0 Å². The minimum atomic E-state index is 0.127. The summed E-state index contributed by atoms with van der Waals surface area (Å²) in [7, 11) is 0. The highest BCUT2D eigenvalue weighted by Gasteiger charge is 2.33. The van der Waals surface area contributed by atoms with E-state index in [1.165, 1.54) is 6.20 Å². The van der Waals surface area contributed by atoms with Gasteiger partial charge >= 0.3 is 0 Å². The van der Waals surface area contributed by atoms with Crippen LogP contribution in [0.4, 0.5) is 0 Å². The van der Waals surface area contributed by atoms with E-state index in [9.17, 15) is 4.79 Å². The summed E-state index contributed by atoms with van der Waals surface area (Å²) in [5, 5.41) is 3.73. The summed E-state index contributed by atoms with van der Waals surface area (Å²) in [5.74, 6) is 0.773. The molecule has 0 aromatic carbocycles. The molecule has 1 aliphatic carbocycles. The van der Waals surface area contributed by atoms with Crippen LogP contribution in [0.1, 0.15) is 23.2 Å². The van der Waals surface area contributed by atoms with Crippen molar-refractivity contribution in [2.24, 2.45) is 5.92 Å². The number of hydrogen-bond donors (Lipinski definition) is 0. The van der Waals surface area contributed by atoms with Crippen LogP contribution in [0.5, 0.6) is 0 Å². The quantitative estimate of drug-likeness (QED) is 0.624. The van der Waals surface area contributed by atoms with Gasteiger partial charge in [-0.05, 0) is 31.2 Å². The molecule has 0 spiro atoms. The van der Waals surface area contributed by atoms with E-state index in [1.807, 2.05) is 18.4 Å². The molecule has 0 aliphatic heterocycles. The van der Waals surface area contributed by atoms with E-state index in [4.69, 9.17) is 4.52 Å². The fourth-order valence-electron chi connectivity index (χ4n) is 1.80. The van der Waals surface area contributed by atoms with Gasteiger partial charge in [0.15, 0.2) is 11.5 Å². The molecule has 0 N–H and O–H groups in total. The molecule has 2 heterocycles. The van der Waals surface area contributed by atoms with E-state index >= 15 is 0 Å². The Labute approximate surface area is 109 Å². The number of Topliss-reactive ketones (excluding diaryl/α,β-unsaturated/α-hetero) is 1. The van der Waals surface area contributed by atoms with Gasteiger partial charge in [-0.25, -0.2) is 0 Å². The van der Waals surface area contributed by atoms with Crippen molar-refractivity contribution in [2.45, 2.75) is 17.7 Å². The highest BCUT2D eigenvalue weighted by Crippen LogP contribution is 2.35. The van der Waals surface area contributed by atoms with E-state index in [-0.39, 0.29) is 11.7 Å². The van der Waals surface area contributed by atoms with E-state index in [0.29, 0.717) is 17.0 Å². The van der Waals surface area contributed by atoms with E-state index in [0.717, 1.165) is 17.7 Å². The van der Waals surface area contributed by atoms with Crippen LogP contribution in [0.25, 0.3) is 11.5 Å². The molecule has 0 bridgehead atoms. The summed E-state index contributed by atoms with van der Waals surface area (Å²) in [6, 6.07) is 3.82. The molecule has 0 atom stereocenters. The number of aromatic nitrogens is 2. The molecule has 92 valence electrons. The molecule has 1 aliphatic rings. The SMILES string of the molecule is CSc1ccc(-c2oncc2C(=O)C2CC2)nc1.